The Labute approximate surface area is 123 Å². The van der Waals surface area contributed by atoms with Crippen LogP contribution in [0.1, 0.15) is 50.7 Å². The van der Waals surface area contributed by atoms with E-state index in [4.69, 9.17) is 4.74 Å². The summed E-state index contributed by atoms with van der Waals surface area (Å²) in [4.78, 5) is 0. The second kappa shape index (κ2) is 8.31. The van der Waals surface area contributed by atoms with Crippen LogP contribution in [0.4, 0.5) is 0 Å². The van der Waals surface area contributed by atoms with Gasteiger partial charge in [0.15, 0.2) is 0 Å². The molecule has 1 aromatic carbocycles. The Morgan fingerprint density at radius 3 is 2.70 bits per heavy atom. The van der Waals surface area contributed by atoms with Gasteiger partial charge in [0.2, 0.25) is 0 Å². The molecule has 0 bridgehead atoms. The first-order valence-corrected chi connectivity index (χ1v) is 8.21. The van der Waals surface area contributed by atoms with Crippen LogP contribution >= 0.6 is 0 Å². The van der Waals surface area contributed by atoms with Gasteiger partial charge in [0.1, 0.15) is 12.4 Å². The fraction of sp³-hybridized carbons (Fsp3) is 0.667. The van der Waals surface area contributed by atoms with Crippen molar-refractivity contribution in [3.05, 3.63) is 29.3 Å². The summed E-state index contributed by atoms with van der Waals surface area (Å²) < 4.78 is 5.84. The molecule has 20 heavy (non-hydrogen) atoms. The molecule has 1 aromatic rings. The van der Waals surface area contributed by atoms with Crippen molar-refractivity contribution in [3.63, 3.8) is 0 Å². The number of hydrogen-bond donors (Lipinski definition) is 1. The lowest BCUT2D eigenvalue weighted by Crippen LogP contribution is -2.22. The summed E-state index contributed by atoms with van der Waals surface area (Å²) in [6, 6.07) is 6.62. The summed E-state index contributed by atoms with van der Waals surface area (Å²) in [5.41, 5.74) is 3.02. The molecule has 0 fully saturated rings. The van der Waals surface area contributed by atoms with Crippen LogP contribution in [0.2, 0.25) is 0 Å². The first kappa shape index (κ1) is 15.4. The Morgan fingerprint density at radius 1 is 1.10 bits per heavy atom. The lowest BCUT2D eigenvalue weighted by Gasteiger charge is -2.17. The van der Waals surface area contributed by atoms with Crippen LogP contribution in [0, 0.1) is 5.92 Å². The zero-order valence-corrected chi connectivity index (χ0v) is 13.1. The monoisotopic (exact) mass is 275 g/mol. The van der Waals surface area contributed by atoms with Crippen molar-refractivity contribution in [1.82, 2.24) is 5.32 Å². The highest BCUT2D eigenvalue weighted by Crippen LogP contribution is 2.25. The number of fused-ring (bicyclic) bond motifs is 1. The normalized spacial score (nSPS) is 14.3. The molecule has 0 radical (unpaired) electrons. The lowest BCUT2D eigenvalue weighted by molar-refractivity contribution is 0.312. The zero-order chi connectivity index (χ0) is 14.2. The van der Waals surface area contributed by atoms with Crippen molar-refractivity contribution in [2.24, 2.45) is 5.92 Å². The maximum absolute atomic E-state index is 5.84. The van der Waals surface area contributed by atoms with Gasteiger partial charge in [0, 0.05) is 6.54 Å². The van der Waals surface area contributed by atoms with Crippen LogP contribution in [-0.4, -0.2) is 19.7 Å². The van der Waals surface area contributed by atoms with Crippen LogP contribution in [0.3, 0.4) is 0 Å². The van der Waals surface area contributed by atoms with Crippen molar-refractivity contribution < 1.29 is 4.74 Å². The van der Waals surface area contributed by atoms with E-state index in [1.54, 1.807) is 0 Å². The Kier molecular flexibility index (Phi) is 6.38. The molecule has 0 spiro atoms. The second-order valence-electron chi connectivity index (χ2n) is 6.27. The molecule has 0 heterocycles. The van der Waals surface area contributed by atoms with E-state index in [2.05, 4.69) is 37.4 Å². The molecular formula is C18H29NO. The van der Waals surface area contributed by atoms with Crippen molar-refractivity contribution in [2.45, 2.75) is 52.4 Å². The lowest BCUT2D eigenvalue weighted by atomic mass is 9.92. The maximum Gasteiger partial charge on any atom is 0.119 e. The fourth-order valence-electron chi connectivity index (χ4n) is 2.80. The number of benzene rings is 1. The molecular weight excluding hydrogens is 246 g/mol. The Hall–Kier alpha value is -1.02. The van der Waals surface area contributed by atoms with Crippen LogP contribution in [-0.2, 0) is 12.8 Å². The number of aryl methyl sites for hydroxylation is 2. The van der Waals surface area contributed by atoms with Gasteiger partial charge in [0.05, 0.1) is 0 Å². The van der Waals surface area contributed by atoms with Crippen molar-refractivity contribution in [1.29, 1.82) is 0 Å². The maximum atomic E-state index is 5.84. The van der Waals surface area contributed by atoms with E-state index in [1.807, 2.05) is 0 Å². The number of hydrogen-bond acceptors (Lipinski definition) is 2. The third-order valence-corrected chi connectivity index (χ3v) is 4.00. The highest BCUT2D eigenvalue weighted by molar-refractivity contribution is 5.37. The summed E-state index contributed by atoms with van der Waals surface area (Å²) in [5.74, 6) is 1.85. The Morgan fingerprint density at radius 2 is 1.90 bits per heavy atom. The number of nitrogens with one attached hydrogen (secondary N) is 1. The van der Waals surface area contributed by atoms with E-state index in [0.717, 1.165) is 31.4 Å². The van der Waals surface area contributed by atoms with Crippen molar-refractivity contribution in [2.75, 3.05) is 19.7 Å². The Balaban J connectivity index is 1.62. The van der Waals surface area contributed by atoms with E-state index < -0.39 is 0 Å². The standard InChI is InChI=1S/C18H29NO/c1-15(2)6-5-11-19-12-13-20-18-10-9-16-7-3-4-8-17(16)14-18/h9-10,14-15,19H,3-8,11-13H2,1-2H3. The predicted molar refractivity (Wildman–Crippen MR) is 85.5 cm³/mol. The molecule has 0 amide bonds. The molecule has 1 N–H and O–H groups in total. The largest absolute Gasteiger partial charge is 0.492 e. The second-order valence-corrected chi connectivity index (χ2v) is 6.27. The minimum absolute atomic E-state index is 0.764. The van der Waals surface area contributed by atoms with E-state index in [1.165, 1.54) is 49.7 Å². The van der Waals surface area contributed by atoms with Gasteiger partial charge in [0.25, 0.3) is 0 Å². The van der Waals surface area contributed by atoms with E-state index in [-0.39, 0.29) is 0 Å². The SMILES string of the molecule is CC(C)CCCNCCOc1ccc2c(c1)CCCC2. The molecule has 0 aromatic heterocycles. The van der Waals surface area contributed by atoms with Gasteiger partial charge in [-0.1, -0.05) is 19.9 Å². The minimum atomic E-state index is 0.764. The van der Waals surface area contributed by atoms with Crippen molar-refractivity contribution >= 4 is 0 Å². The third kappa shape index (κ3) is 5.16. The van der Waals surface area contributed by atoms with Crippen LogP contribution in [0.5, 0.6) is 5.75 Å². The Bertz CT molecular complexity index is 400. The highest BCUT2D eigenvalue weighted by atomic mass is 16.5. The smallest absolute Gasteiger partial charge is 0.119 e. The number of ether oxygens (including phenoxy) is 1. The first-order valence-electron chi connectivity index (χ1n) is 8.21. The summed E-state index contributed by atoms with van der Waals surface area (Å²) >= 11 is 0. The van der Waals surface area contributed by atoms with Gasteiger partial charge >= 0.3 is 0 Å². The van der Waals surface area contributed by atoms with Crippen LogP contribution in [0.25, 0.3) is 0 Å². The van der Waals surface area contributed by atoms with Gasteiger partial charge < -0.3 is 10.1 Å². The quantitative estimate of drug-likeness (QED) is 0.725. The zero-order valence-electron chi connectivity index (χ0n) is 13.1. The van der Waals surface area contributed by atoms with Gasteiger partial charge in [-0.05, 0) is 74.2 Å². The summed E-state index contributed by atoms with van der Waals surface area (Å²) in [6.07, 6.45) is 7.70. The molecule has 2 rings (SSSR count). The fourth-order valence-corrected chi connectivity index (χ4v) is 2.80. The predicted octanol–water partition coefficient (Wildman–Crippen LogP) is 3.97. The molecule has 112 valence electrons. The topological polar surface area (TPSA) is 21.3 Å². The van der Waals surface area contributed by atoms with Gasteiger partial charge in [-0.3, -0.25) is 0 Å². The molecule has 0 unspecified atom stereocenters. The van der Waals surface area contributed by atoms with Gasteiger partial charge in [-0.15, -0.1) is 0 Å². The molecule has 0 saturated heterocycles. The third-order valence-electron chi connectivity index (χ3n) is 4.00. The highest BCUT2D eigenvalue weighted by Gasteiger charge is 2.09. The van der Waals surface area contributed by atoms with Gasteiger partial charge in [-0.2, -0.15) is 0 Å². The molecule has 1 aliphatic rings. The molecule has 0 aliphatic heterocycles. The van der Waals surface area contributed by atoms with E-state index >= 15 is 0 Å². The van der Waals surface area contributed by atoms with Crippen LogP contribution < -0.4 is 10.1 Å². The summed E-state index contributed by atoms with van der Waals surface area (Å²) in [5, 5.41) is 3.45. The average molecular weight is 275 g/mol. The molecule has 0 saturated carbocycles. The molecule has 2 nitrogen and oxygen atoms in total. The average Bonchev–Trinajstić information content (AvgIpc) is 2.46. The molecule has 0 atom stereocenters. The number of rotatable bonds is 8. The molecule has 1 aliphatic carbocycles. The van der Waals surface area contributed by atoms with E-state index in [0.29, 0.717) is 0 Å². The van der Waals surface area contributed by atoms with Crippen molar-refractivity contribution in [3.8, 4) is 5.75 Å². The summed E-state index contributed by atoms with van der Waals surface area (Å²) in [6.45, 7) is 7.36. The van der Waals surface area contributed by atoms with Crippen LogP contribution in [0.15, 0.2) is 18.2 Å². The summed E-state index contributed by atoms with van der Waals surface area (Å²) in [7, 11) is 0. The van der Waals surface area contributed by atoms with E-state index in [9.17, 15) is 0 Å². The molecule has 2 heteroatoms. The van der Waals surface area contributed by atoms with Gasteiger partial charge in [-0.25, -0.2) is 0 Å². The minimum Gasteiger partial charge on any atom is -0.492 e. The first-order chi connectivity index (χ1) is 9.75.